The fourth-order valence-electron chi connectivity index (χ4n) is 2.48. The van der Waals surface area contributed by atoms with Crippen LogP contribution in [0.15, 0.2) is 54.6 Å². The SMILES string of the molecule is CCCC(NC(C(=O)Nc1ccc(F)cc1)c1ccccc1)C(=O)O. The zero-order valence-corrected chi connectivity index (χ0v) is 13.9. The van der Waals surface area contributed by atoms with Gasteiger partial charge in [0, 0.05) is 5.69 Å². The first-order valence-corrected chi connectivity index (χ1v) is 8.11. The molecule has 3 N–H and O–H groups in total. The molecule has 2 aromatic rings. The van der Waals surface area contributed by atoms with Gasteiger partial charge in [-0.25, -0.2) is 4.39 Å². The lowest BCUT2D eigenvalue weighted by Gasteiger charge is -2.23. The number of amides is 1. The summed E-state index contributed by atoms with van der Waals surface area (Å²) >= 11 is 0. The van der Waals surface area contributed by atoms with Crippen LogP contribution in [-0.4, -0.2) is 23.0 Å². The van der Waals surface area contributed by atoms with E-state index in [1.54, 1.807) is 24.3 Å². The van der Waals surface area contributed by atoms with Crippen molar-refractivity contribution in [3.8, 4) is 0 Å². The third-order valence-corrected chi connectivity index (χ3v) is 3.75. The summed E-state index contributed by atoms with van der Waals surface area (Å²) in [5.74, 6) is -1.80. The van der Waals surface area contributed by atoms with Crippen LogP contribution in [0.1, 0.15) is 31.4 Å². The number of hydrogen-bond donors (Lipinski definition) is 3. The monoisotopic (exact) mass is 344 g/mol. The highest BCUT2D eigenvalue weighted by atomic mass is 19.1. The normalized spacial score (nSPS) is 13.0. The molecule has 2 rings (SSSR count). The Morgan fingerprint density at radius 3 is 2.28 bits per heavy atom. The van der Waals surface area contributed by atoms with Crippen molar-refractivity contribution in [3.63, 3.8) is 0 Å². The number of carboxylic acid groups (broad SMARTS) is 1. The number of hydrogen-bond acceptors (Lipinski definition) is 3. The van der Waals surface area contributed by atoms with Gasteiger partial charge in [0.15, 0.2) is 0 Å². The second kappa shape index (κ2) is 8.94. The van der Waals surface area contributed by atoms with Crippen LogP contribution in [0.4, 0.5) is 10.1 Å². The first-order valence-electron chi connectivity index (χ1n) is 8.11. The number of benzene rings is 2. The molecule has 0 saturated heterocycles. The summed E-state index contributed by atoms with van der Waals surface area (Å²) in [6.07, 6.45) is 1.08. The van der Waals surface area contributed by atoms with E-state index < -0.39 is 29.8 Å². The summed E-state index contributed by atoms with van der Waals surface area (Å²) in [7, 11) is 0. The van der Waals surface area contributed by atoms with Gasteiger partial charge in [0.1, 0.15) is 17.9 Å². The number of nitrogens with one attached hydrogen (secondary N) is 2. The molecule has 2 unspecified atom stereocenters. The molecule has 1 amide bonds. The van der Waals surface area contributed by atoms with Gasteiger partial charge in [-0.05, 0) is 36.2 Å². The highest BCUT2D eigenvalue weighted by molar-refractivity contribution is 5.96. The molecule has 0 bridgehead atoms. The van der Waals surface area contributed by atoms with Crippen LogP contribution in [0.3, 0.4) is 0 Å². The summed E-state index contributed by atoms with van der Waals surface area (Å²) < 4.78 is 13.0. The highest BCUT2D eigenvalue weighted by Gasteiger charge is 2.27. The second-order valence-electron chi connectivity index (χ2n) is 5.69. The van der Waals surface area contributed by atoms with Crippen molar-refractivity contribution in [2.75, 3.05) is 5.32 Å². The van der Waals surface area contributed by atoms with E-state index in [9.17, 15) is 19.1 Å². The molecule has 0 radical (unpaired) electrons. The molecule has 0 spiro atoms. The molecule has 5 nitrogen and oxygen atoms in total. The number of anilines is 1. The van der Waals surface area contributed by atoms with E-state index in [-0.39, 0.29) is 0 Å². The van der Waals surface area contributed by atoms with E-state index in [0.29, 0.717) is 24.1 Å². The zero-order chi connectivity index (χ0) is 18.2. The Bertz CT molecular complexity index is 704. The average Bonchev–Trinajstić information content (AvgIpc) is 2.61. The summed E-state index contributed by atoms with van der Waals surface area (Å²) in [5, 5.41) is 15.0. The largest absolute Gasteiger partial charge is 0.480 e. The third-order valence-electron chi connectivity index (χ3n) is 3.75. The first kappa shape index (κ1) is 18.6. The molecule has 0 aliphatic rings. The molecule has 0 aromatic heterocycles. The van der Waals surface area contributed by atoms with Crippen molar-refractivity contribution in [2.45, 2.75) is 31.8 Å². The van der Waals surface area contributed by atoms with Crippen molar-refractivity contribution in [2.24, 2.45) is 0 Å². The molecule has 6 heteroatoms. The molecule has 0 saturated carbocycles. The summed E-state index contributed by atoms with van der Waals surface area (Å²) in [5.41, 5.74) is 1.10. The van der Waals surface area contributed by atoms with Crippen LogP contribution < -0.4 is 10.6 Å². The van der Waals surface area contributed by atoms with Crippen LogP contribution in [0.5, 0.6) is 0 Å². The topological polar surface area (TPSA) is 78.4 Å². The minimum absolute atomic E-state index is 0.398. The van der Waals surface area contributed by atoms with E-state index in [2.05, 4.69) is 10.6 Å². The smallest absolute Gasteiger partial charge is 0.320 e. The molecule has 2 aromatic carbocycles. The molecule has 0 heterocycles. The van der Waals surface area contributed by atoms with Crippen LogP contribution in [0.2, 0.25) is 0 Å². The van der Waals surface area contributed by atoms with Crippen molar-refractivity contribution in [1.82, 2.24) is 5.32 Å². The molecule has 0 fully saturated rings. The van der Waals surface area contributed by atoms with Gasteiger partial charge in [0.05, 0.1) is 0 Å². The number of halogens is 1. The van der Waals surface area contributed by atoms with E-state index in [1.165, 1.54) is 24.3 Å². The maximum atomic E-state index is 13.0. The van der Waals surface area contributed by atoms with Crippen molar-refractivity contribution >= 4 is 17.6 Å². The first-order chi connectivity index (χ1) is 12.0. The standard InChI is InChI=1S/C19H21FN2O3/c1-2-6-16(19(24)25)22-17(13-7-4-3-5-8-13)18(23)21-15-11-9-14(20)10-12-15/h3-5,7-12,16-17,22H,2,6H2,1H3,(H,21,23)(H,24,25). The predicted octanol–water partition coefficient (Wildman–Crippen LogP) is 3.35. The summed E-state index contributed by atoms with van der Waals surface area (Å²) in [4.78, 5) is 24.1. The third kappa shape index (κ3) is 5.39. The minimum Gasteiger partial charge on any atom is -0.480 e. The van der Waals surface area contributed by atoms with Gasteiger partial charge in [-0.3, -0.25) is 14.9 Å². The van der Waals surface area contributed by atoms with Gasteiger partial charge in [-0.15, -0.1) is 0 Å². The number of carbonyl (C=O) groups is 2. The van der Waals surface area contributed by atoms with Crippen LogP contribution in [0.25, 0.3) is 0 Å². The lowest BCUT2D eigenvalue weighted by atomic mass is 10.0. The van der Waals surface area contributed by atoms with Crippen molar-refractivity contribution in [3.05, 3.63) is 66.0 Å². The lowest BCUT2D eigenvalue weighted by Crippen LogP contribution is -2.43. The summed E-state index contributed by atoms with van der Waals surface area (Å²) in [6, 6.07) is 12.6. The average molecular weight is 344 g/mol. The summed E-state index contributed by atoms with van der Waals surface area (Å²) in [6.45, 7) is 1.88. The molecule has 2 atom stereocenters. The van der Waals surface area contributed by atoms with Gasteiger partial charge >= 0.3 is 5.97 Å². The fraction of sp³-hybridized carbons (Fsp3) is 0.263. The molecular formula is C19H21FN2O3. The molecule has 0 aliphatic heterocycles. The van der Waals surface area contributed by atoms with Crippen LogP contribution >= 0.6 is 0 Å². The Labute approximate surface area is 145 Å². The van der Waals surface area contributed by atoms with Crippen LogP contribution in [-0.2, 0) is 9.59 Å². The quantitative estimate of drug-likeness (QED) is 0.686. The van der Waals surface area contributed by atoms with E-state index in [0.717, 1.165) is 0 Å². The van der Waals surface area contributed by atoms with Crippen molar-refractivity contribution < 1.29 is 19.1 Å². The van der Waals surface area contributed by atoms with E-state index >= 15 is 0 Å². The predicted molar refractivity (Wildman–Crippen MR) is 93.7 cm³/mol. The number of carboxylic acids is 1. The molecule has 0 aliphatic carbocycles. The van der Waals surface area contributed by atoms with Gasteiger partial charge in [-0.2, -0.15) is 0 Å². The highest BCUT2D eigenvalue weighted by Crippen LogP contribution is 2.18. The Balaban J connectivity index is 2.22. The molecule has 25 heavy (non-hydrogen) atoms. The Morgan fingerprint density at radius 1 is 1.08 bits per heavy atom. The van der Waals surface area contributed by atoms with Gasteiger partial charge in [0.2, 0.25) is 5.91 Å². The zero-order valence-electron chi connectivity index (χ0n) is 13.9. The van der Waals surface area contributed by atoms with Crippen molar-refractivity contribution in [1.29, 1.82) is 0 Å². The van der Waals surface area contributed by atoms with Gasteiger partial charge in [0.25, 0.3) is 0 Å². The Hall–Kier alpha value is -2.73. The fourth-order valence-corrected chi connectivity index (χ4v) is 2.48. The molecule has 132 valence electrons. The van der Waals surface area contributed by atoms with Gasteiger partial charge < -0.3 is 10.4 Å². The minimum atomic E-state index is -1.00. The van der Waals surface area contributed by atoms with E-state index in [4.69, 9.17) is 0 Å². The second-order valence-corrected chi connectivity index (χ2v) is 5.69. The lowest BCUT2D eigenvalue weighted by molar-refractivity contribution is -0.140. The maximum absolute atomic E-state index is 13.0. The number of aliphatic carboxylic acids is 1. The Morgan fingerprint density at radius 2 is 1.72 bits per heavy atom. The number of rotatable bonds is 8. The Kier molecular flexibility index (Phi) is 6.65. The maximum Gasteiger partial charge on any atom is 0.320 e. The van der Waals surface area contributed by atoms with E-state index in [1.807, 2.05) is 13.0 Å². The van der Waals surface area contributed by atoms with Gasteiger partial charge in [-0.1, -0.05) is 43.7 Å². The molecular weight excluding hydrogens is 323 g/mol. The number of carbonyl (C=O) groups excluding carboxylic acids is 1. The van der Waals surface area contributed by atoms with Crippen LogP contribution in [0, 0.1) is 5.82 Å².